The number of benzene rings is 1. The topological polar surface area (TPSA) is 63.3 Å². The maximum absolute atomic E-state index is 13.0. The van der Waals surface area contributed by atoms with Crippen molar-refractivity contribution in [2.24, 2.45) is 0 Å². The molecule has 0 radical (unpaired) electrons. The quantitative estimate of drug-likeness (QED) is 0.538. The van der Waals surface area contributed by atoms with Gasteiger partial charge in [0.1, 0.15) is 5.15 Å². The Morgan fingerprint density at radius 2 is 2.27 bits per heavy atom. The van der Waals surface area contributed by atoms with Gasteiger partial charge in [-0.1, -0.05) is 23.7 Å². The summed E-state index contributed by atoms with van der Waals surface area (Å²) in [7, 11) is 0. The molecule has 1 aliphatic heterocycles. The highest BCUT2D eigenvalue weighted by Gasteiger charge is 2.23. The van der Waals surface area contributed by atoms with Gasteiger partial charge in [0.15, 0.2) is 5.69 Å². The molecule has 130 valence electrons. The molecule has 2 aromatic heterocycles. The van der Waals surface area contributed by atoms with Crippen LogP contribution in [0.25, 0.3) is 15.7 Å². The zero-order chi connectivity index (χ0) is 18.1. The molecular formula is C19H16ClN5O. The molecule has 3 heterocycles. The molecule has 1 amide bonds. The molecule has 0 fully saturated rings. The van der Waals surface area contributed by atoms with Crippen molar-refractivity contribution in [3.05, 3.63) is 69.9 Å². The van der Waals surface area contributed by atoms with E-state index in [1.807, 2.05) is 12.1 Å². The molecule has 0 spiro atoms. The van der Waals surface area contributed by atoms with E-state index in [2.05, 4.69) is 20.5 Å². The van der Waals surface area contributed by atoms with E-state index >= 15 is 0 Å². The van der Waals surface area contributed by atoms with E-state index in [1.165, 1.54) is 0 Å². The number of rotatable bonds is 2. The van der Waals surface area contributed by atoms with Crippen molar-refractivity contribution in [1.82, 2.24) is 20.2 Å². The van der Waals surface area contributed by atoms with Crippen LogP contribution in [0.3, 0.4) is 0 Å². The molecule has 26 heavy (non-hydrogen) atoms. The molecule has 1 aromatic carbocycles. The van der Waals surface area contributed by atoms with Gasteiger partial charge in [0.05, 0.1) is 6.57 Å². The van der Waals surface area contributed by atoms with E-state index < -0.39 is 0 Å². The lowest BCUT2D eigenvalue weighted by molar-refractivity contribution is 0.242. The Kier molecular flexibility index (Phi) is 4.33. The van der Waals surface area contributed by atoms with E-state index in [9.17, 15) is 4.79 Å². The molecule has 1 aliphatic rings. The standard InChI is InChI=1S/C19H16ClN5O/c1-21-13-2-3-14-15-11-22-6-5-16(15)25(17(14)9-13)19(26)24-10-12-4-7-23-18(20)8-12/h2-4,7-9,22H,5-6,10-11H2,(H,24,26). The van der Waals surface area contributed by atoms with Crippen LogP contribution in [0.5, 0.6) is 0 Å². The summed E-state index contributed by atoms with van der Waals surface area (Å²) in [5.41, 5.74) is 4.32. The smallest absolute Gasteiger partial charge is 0.326 e. The Balaban J connectivity index is 1.72. The number of fused-ring (bicyclic) bond motifs is 3. The summed E-state index contributed by atoms with van der Waals surface area (Å²) < 4.78 is 1.71. The molecule has 7 heteroatoms. The minimum Gasteiger partial charge on any atom is -0.333 e. The van der Waals surface area contributed by atoms with Gasteiger partial charge in [0, 0.05) is 48.8 Å². The fourth-order valence-corrected chi connectivity index (χ4v) is 3.58. The second kappa shape index (κ2) is 6.79. The van der Waals surface area contributed by atoms with Crippen molar-refractivity contribution in [1.29, 1.82) is 0 Å². The molecule has 0 saturated heterocycles. The van der Waals surface area contributed by atoms with Gasteiger partial charge in [0.25, 0.3) is 0 Å². The first kappa shape index (κ1) is 16.6. The third kappa shape index (κ3) is 2.92. The number of carbonyl (C=O) groups is 1. The van der Waals surface area contributed by atoms with Crippen LogP contribution in [0, 0.1) is 6.57 Å². The van der Waals surface area contributed by atoms with Gasteiger partial charge < -0.3 is 10.6 Å². The van der Waals surface area contributed by atoms with E-state index in [0.29, 0.717) is 17.4 Å². The molecule has 6 nitrogen and oxygen atoms in total. The highest BCUT2D eigenvalue weighted by atomic mass is 35.5. The van der Waals surface area contributed by atoms with Crippen LogP contribution in [-0.4, -0.2) is 22.1 Å². The first-order valence-electron chi connectivity index (χ1n) is 8.30. The maximum atomic E-state index is 13.0. The van der Waals surface area contributed by atoms with E-state index in [4.69, 9.17) is 18.2 Å². The van der Waals surface area contributed by atoms with Gasteiger partial charge in [-0.15, -0.1) is 0 Å². The van der Waals surface area contributed by atoms with Crippen molar-refractivity contribution < 1.29 is 4.79 Å². The van der Waals surface area contributed by atoms with Gasteiger partial charge in [-0.25, -0.2) is 14.6 Å². The van der Waals surface area contributed by atoms with Crippen molar-refractivity contribution >= 4 is 34.2 Å². The predicted molar refractivity (Wildman–Crippen MR) is 100 cm³/mol. The van der Waals surface area contributed by atoms with Gasteiger partial charge in [-0.3, -0.25) is 4.57 Å². The summed E-state index contributed by atoms with van der Waals surface area (Å²) in [4.78, 5) is 20.4. The Bertz CT molecular complexity index is 1050. The Labute approximate surface area is 155 Å². The lowest BCUT2D eigenvalue weighted by Crippen LogP contribution is -2.32. The second-order valence-corrected chi connectivity index (χ2v) is 6.53. The van der Waals surface area contributed by atoms with Crippen molar-refractivity contribution in [2.45, 2.75) is 19.5 Å². The molecule has 2 N–H and O–H groups in total. The Morgan fingerprint density at radius 1 is 1.38 bits per heavy atom. The largest absolute Gasteiger partial charge is 0.333 e. The summed E-state index contributed by atoms with van der Waals surface area (Å²) in [5, 5.41) is 7.71. The average molecular weight is 366 g/mol. The minimum atomic E-state index is -0.201. The highest BCUT2D eigenvalue weighted by molar-refractivity contribution is 6.29. The first-order chi connectivity index (χ1) is 12.7. The number of pyridine rings is 1. The Morgan fingerprint density at radius 3 is 3.08 bits per heavy atom. The number of hydrogen-bond acceptors (Lipinski definition) is 3. The molecular weight excluding hydrogens is 350 g/mol. The monoisotopic (exact) mass is 365 g/mol. The molecule has 0 bridgehead atoms. The van der Waals surface area contributed by atoms with Crippen molar-refractivity contribution in [3.8, 4) is 0 Å². The van der Waals surface area contributed by atoms with Gasteiger partial charge in [-0.2, -0.15) is 0 Å². The summed E-state index contributed by atoms with van der Waals surface area (Å²) in [6.07, 6.45) is 2.39. The SMILES string of the molecule is [C-]#[N+]c1ccc2c3c(n(C(=O)NCc4ccnc(Cl)c4)c2c1)CCNC3. The number of carbonyl (C=O) groups excluding carboxylic acids is 1. The third-order valence-corrected chi connectivity index (χ3v) is 4.78. The molecule has 0 unspecified atom stereocenters. The summed E-state index contributed by atoms with van der Waals surface area (Å²) in [5.74, 6) is 0. The second-order valence-electron chi connectivity index (χ2n) is 6.15. The van der Waals surface area contributed by atoms with Crippen LogP contribution in [-0.2, 0) is 19.5 Å². The number of nitrogens with zero attached hydrogens (tertiary/aromatic N) is 3. The first-order valence-corrected chi connectivity index (χ1v) is 8.68. The summed E-state index contributed by atoms with van der Waals surface area (Å²) in [6.45, 7) is 9.17. The molecule has 0 saturated carbocycles. The van der Waals surface area contributed by atoms with E-state index in [1.54, 1.807) is 29.0 Å². The van der Waals surface area contributed by atoms with Gasteiger partial charge >= 0.3 is 6.03 Å². The fourth-order valence-electron chi connectivity index (χ4n) is 3.39. The van der Waals surface area contributed by atoms with Crippen molar-refractivity contribution in [2.75, 3.05) is 6.54 Å². The number of hydrogen-bond donors (Lipinski definition) is 2. The molecule has 0 atom stereocenters. The highest BCUT2D eigenvalue weighted by Crippen LogP contribution is 2.31. The maximum Gasteiger partial charge on any atom is 0.326 e. The van der Waals surface area contributed by atoms with Gasteiger partial charge in [-0.05, 0) is 29.3 Å². The Hall–Kier alpha value is -2.88. The number of nitrogens with one attached hydrogen (secondary N) is 2. The van der Waals surface area contributed by atoms with E-state index in [0.717, 1.165) is 47.2 Å². The zero-order valence-corrected chi connectivity index (χ0v) is 14.7. The summed E-state index contributed by atoms with van der Waals surface area (Å²) >= 11 is 5.90. The van der Waals surface area contributed by atoms with Gasteiger partial charge in [0.2, 0.25) is 0 Å². The van der Waals surface area contributed by atoms with E-state index in [-0.39, 0.29) is 6.03 Å². The number of amides is 1. The lowest BCUT2D eigenvalue weighted by atomic mass is 10.1. The average Bonchev–Trinajstić information content (AvgIpc) is 3.00. The predicted octanol–water partition coefficient (Wildman–Crippen LogP) is 3.64. The minimum absolute atomic E-state index is 0.201. The van der Waals surface area contributed by atoms with Crippen LogP contribution >= 0.6 is 11.6 Å². The van der Waals surface area contributed by atoms with Crippen LogP contribution < -0.4 is 10.6 Å². The number of aromatic nitrogens is 2. The van der Waals surface area contributed by atoms with Crippen LogP contribution in [0.4, 0.5) is 10.5 Å². The number of halogens is 1. The molecule has 0 aliphatic carbocycles. The third-order valence-electron chi connectivity index (χ3n) is 4.57. The zero-order valence-electron chi connectivity index (χ0n) is 13.9. The summed E-state index contributed by atoms with van der Waals surface area (Å²) in [6, 6.07) is 8.85. The lowest BCUT2D eigenvalue weighted by Gasteiger charge is -2.16. The fraction of sp³-hybridized carbons (Fsp3) is 0.211. The normalized spacial score (nSPS) is 13.2. The molecule has 3 aromatic rings. The van der Waals surface area contributed by atoms with Crippen LogP contribution in [0.1, 0.15) is 16.8 Å². The van der Waals surface area contributed by atoms with Crippen LogP contribution in [0.2, 0.25) is 5.15 Å². The molecule has 4 rings (SSSR count). The van der Waals surface area contributed by atoms with Crippen molar-refractivity contribution in [3.63, 3.8) is 0 Å². The van der Waals surface area contributed by atoms with Crippen LogP contribution in [0.15, 0.2) is 36.5 Å².